The summed E-state index contributed by atoms with van der Waals surface area (Å²) in [7, 11) is 0. The zero-order valence-corrected chi connectivity index (χ0v) is 14.1. The summed E-state index contributed by atoms with van der Waals surface area (Å²) in [5.41, 5.74) is 1.94. The number of thiophene rings is 1. The van der Waals surface area contributed by atoms with Crippen LogP contribution >= 0.6 is 11.3 Å². The Morgan fingerprint density at radius 2 is 1.68 bits per heavy atom. The summed E-state index contributed by atoms with van der Waals surface area (Å²) in [6.07, 6.45) is 4.95. The van der Waals surface area contributed by atoms with Crippen LogP contribution < -0.4 is 0 Å². The second kappa shape index (κ2) is 6.21. The molecule has 0 bridgehead atoms. The predicted octanol–water partition coefficient (Wildman–Crippen LogP) is 5.25. The van der Waals surface area contributed by atoms with Gasteiger partial charge in [0.1, 0.15) is 6.29 Å². The van der Waals surface area contributed by atoms with Gasteiger partial charge in [0.05, 0.1) is 0 Å². The zero-order chi connectivity index (χ0) is 14.7. The van der Waals surface area contributed by atoms with Crippen molar-refractivity contribution in [2.24, 2.45) is 0 Å². The van der Waals surface area contributed by atoms with Crippen molar-refractivity contribution >= 4 is 17.6 Å². The molecule has 0 atom stereocenters. The first-order valence-electron chi connectivity index (χ1n) is 7.23. The van der Waals surface area contributed by atoms with Crippen molar-refractivity contribution in [1.29, 1.82) is 0 Å². The quantitative estimate of drug-likeness (QED) is 0.531. The summed E-state index contributed by atoms with van der Waals surface area (Å²) in [5.74, 6) is 0. The number of hydrogen-bond donors (Lipinski definition) is 0. The van der Waals surface area contributed by atoms with Gasteiger partial charge in [0, 0.05) is 16.2 Å². The Bertz CT molecular complexity index is 415. The van der Waals surface area contributed by atoms with Crippen LogP contribution in [0.5, 0.6) is 0 Å². The monoisotopic (exact) mass is 280 g/mol. The molecule has 108 valence electrons. The maximum atomic E-state index is 10.4. The average Bonchev–Trinajstić information content (AvgIpc) is 2.67. The molecular formula is C17H28OS. The summed E-state index contributed by atoms with van der Waals surface area (Å²) >= 11 is 1.97. The third kappa shape index (κ3) is 4.76. The van der Waals surface area contributed by atoms with E-state index in [2.05, 4.69) is 47.6 Å². The van der Waals surface area contributed by atoms with Gasteiger partial charge in [-0.3, -0.25) is 0 Å². The van der Waals surface area contributed by atoms with Gasteiger partial charge in [-0.15, -0.1) is 11.3 Å². The van der Waals surface area contributed by atoms with Crippen molar-refractivity contribution in [2.45, 2.75) is 78.1 Å². The molecule has 1 aromatic heterocycles. The highest BCUT2D eigenvalue weighted by molar-refractivity contribution is 7.12. The van der Waals surface area contributed by atoms with E-state index in [-0.39, 0.29) is 10.8 Å². The summed E-state index contributed by atoms with van der Waals surface area (Å²) in [5, 5.41) is 0. The molecule has 0 aliphatic heterocycles. The number of aryl methyl sites for hydroxylation is 1. The molecule has 1 aromatic rings. The Hall–Kier alpha value is -0.630. The summed E-state index contributed by atoms with van der Waals surface area (Å²) in [4.78, 5) is 13.4. The van der Waals surface area contributed by atoms with Crippen LogP contribution in [0.3, 0.4) is 0 Å². The Morgan fingerprint density at radius 1 is 1.05 bits per heavy atom. The molecule has 0 radical (unpaired) electrons. The van der Waals surface area contributed by atoms with Crippen molar-refractivity contribution in [1.82, 2.24) is 0 Å². The van der Waals surface area contributed by atoms with E-state index in [0.717, 1.165) is 25.5 Å². The first-order valence-corrected chi connectivity index (χ1v) is 8.05. The molecule has 0 spiro atoms. The van der Waals surface area contributed by atoms with Crippen molar-refractivity contribution in [3.05, 3.63) is 21.4 Å². The number of hydrogen-bond acceptors (Lipinski definition) is 2. The minimum absolute atomic E-state index is 0.216. The molecule has 1 heterocycles. The lowest BCUT2D eigenvalue weighted by atomic mass is 9.88. The molecule has 0 aromatic carbocycles. The van der Waals surface area contributed by atoms with Gasteiger partial charge in [0.2, 0.25) is 0 Å². The van der Waals surface area contributed by atoms with Gasteiger partial charge in [0.25, 0.3) is 0 Å². The summed E-state index contributed by atoms with van der Waals surface area (Å²) in [6, 6.07) is 2.40. The van der Waals surface area contributed by atoms with Crippen LogP contribution in [-0.2, 0) is 22.0 Å². The van der Waals surface area contributed by atoms with E-state index in [9.17, 15) is 4.79 Å². The van der Waals surface area contributed by atoms with E-state index < -0.39 is 0 Å². The minimum Gasteiger partial charge on any atom is -0.303 e. The van der Waals surface area contributed by atoms with Gasteiger partial charge in [0.15, 0.2) is 0 Å². The van der Waals surface area contributed by atoms with Gasteiger partial charge in [-0.05, 0) is 41.7 Å². The van der Waals surface area contributed by atoms with E-state index >= 15 is 0 Å². The zero-order valence-electron chi connectivity index (χ0n) is 13.3. The van der Waals surface area contributed by atoms with Crippen LogP contribution in [0.4, 0.5) is 0 Å². The molecule has 0 fully saturated rings. The molecule has 0 amide bonds. The molecule has 1 nitrogen and oxygen atoms in total. The number of carbonyl (C=O) groups is 1. The number of rotatable bonds is 5. The van der Waals surface area contributed by atoms with Crippen molar-refractivity contribution in [3.8, 4) is 0 Å². The van der Waals surface area contributed by atoms with Gasteiger partial charge in [-0.1, -0.05) is 41.5 Å². The molecule has 0 aliphatic rings. The lowest BCUT2D eigenvalue weighted by Gasteiger charge is -2.19. The first kappa shape index (κ1) is 16.4. The van der Waals surface area contributed by atoms with Crippen LogP contribution in [-0.4, -0.2) is 6.29 Å². The maximum Gasteiger partial charge on any atom is 0.119 e. The molecule has 0 unspecified atom stereocenters. The van der Waals surface area contributed by atoms with Crippen molar-refractivity contribution in [3.63, 3.8) is 0 Å². The Balaban J connectivity index is 2.94. The highest BCUT2D eigenvalue weighted by Crippen LogP contribution is 2.39. The first-order chi connectivity index (χ1) is 8.66. The second-order valence-electron chi connectivity index (χ2n) is 7.38. The third-order valence-corrected chi connectivity index (χ3v) is 5.28. The number of carbonyl (C=O) groups excluding carboxylic acids is 1. The molecule has 1 rings (SSSR count). The standard InChI is InChI=1S/C17H28OS/c1-16(2,3)14-12-13(10-8-7-9-11-18)15(19-14)17(4,5)6/h11-12H,7-10H2,1-6H3. The van der Waals surface area contributed by atoms with Crippen molar-refractivity contribution in [2.75, 3.05) is 0 Å². The lowest BCUT2D eigenvalue weighted by Crippen LogP contribution is -2.11. The van der Waals surface area contributed by atoms with Crippen LogP contribution in [0.25, 0.3) is 0 Å². The average molecular weight is 280 g/mol. The fraction of sp³-hybridized carbons (Fsp3) is 0.706. The fourth-order valence-electron chi connectivity index (χ4n) is 2.16. The fourth-order valence-corrected chi connectivity index (χ4v) is 3.49. The molecule has 2 heteroatoms. The third-order valence-electron chi connectivity index (χ3n) is 3.25. The molecule has 0 aliphatic carbocycles. The van der Waals surface area contributed by atoms with E-state index in [4.69, 9.17) is 0 Å². The second-order valence-corrected chi connectivity index (χ2v) is 8.43. The van der Waals surface area contributed by atoms with Crippen LogP contribution in [0.1, 0.15) is 76.1 Å². The van der Waals surface area contributed by atoms with Crippen LogP contribution in [0.2, 0.25) is 0 Å². The maximum absolute atomic E-state index is 10.4. The number of aldehydes is 1. The summed E-state index contributed by atoms with van der Waals surface area (Å²) in [6.45, 7) is 13.7. The predicted molar refractivity (Wildman–Crippen MR) is 85.3 cm³/mol. The molecule has 0 N–H and O–H groups in total. The number of unbranched alkanes of at least 4 members (excludes halogenated alkanes) is 2. The molecule has 19 heavy (non-hydrogen) atoms. The highest BCUT2D eigenvalue weighted by atomic mass is 32.1. The smallest absolute Gasteiger partial charge is 0.119 e. The topological polar surface area (TPSA) is 17.1 Å². The Kier molecular flexibility index (Phi) is 5.37. The van der Waals surface area contributed by atoms with Crippen LogP contribution in [0.15, 0.2) is 6.07 Å². The molecule has 0 saturated carbocycles. The minimum atomic E-state index is 0.216. The van der Waals surface area contributed by atoms with E-state index in [1.54, 1.807) is 0 Å². The van der Waals surface area contributed by atoms with E-state index in [0.29, 0.717) is 6.42 Å². The highest BCUT2D eigenvalue weighted by Gasteiger charge is 2.25. The Morgan fingerprint density at radius 3 is 2.16 bits per heavy atom. The van der Waals surface area contributed by atoms with E-state index in [1.807, 2.05) is 11.3 Å². The van der Waals surface area contributed by atoms with Gasteiger partial charge in [-0.2, -0.15) is 0 Å². The summed E-state index contributed by atoms with van der Waals surface area (Å²) < 4.78 is 0. The largest absolute Gasteiger partial charge is 0.303 e. The SMILES string of the molecule is CC(C)(C)c1cc(CCCCC=O)c(C(C)(C)C)s1. The van der Waals surface area contributed by atoms with Crippen molar-refractivity contribution < 1.29 is 4.79 Å². The van der Waals surface area contributed by atoms with Gasteiger partial charge in [-0.25, -0.2) is 0 Å². The van der Waals surface area contributed by atoms with E-state index in [1.165, 1.54) is 15.3 Å². The molecule has 0 saturated heterocycles. The Labute approximate surface area is 122 Å². The van der Waals surface area contributed by atoms with Gasteiger partial charge < -0.3 is 4.79 Å². The lowest BCUT2D eigenvalue weighted by molar-refractivity contribution is -0.107. The molecular weight excluding hydrogens is 252 g/mol. The van der Waals surface area contributed by atoms with Gasteiger partial charge >= 0.3 is 0 Å². The van der Waals surface area contributed by atoms with Crippen LogP contribution in [0, 0.1) is 0 Å². The normalized spacial score (nSPS) is 12.7.